The van der Waals surface area contributed by atoms with Crippen LogP contribution in [0.4, 0.5) is 0 Å². The van der Waals surface area contributed by atoms with E-state index in [1.165, 1.54) is 7.05 Å². The molecule has 0 saturated heterocycles. The van der Waals surface area contributed by atoms with Crippen LogP contribution in [0.15, 0.2) is 18.2 Å². The summed E-state index contributed by atoms with van der Waals surface area (Å²) >= 11 is 0. The molecule has 94 valence electrons. The van der Waals surface area contributed by atoms with Crippen molar-refractivity contribution in [3.63, 3.8) is 0 Å². The summed E-state index contributed by atoms with van der Waals surface area (Å²) in [5.74, 6) is -1.03. The number of amides is 1. The third-order valence-electron chi connectivity index (χ3n) is 2.51. The Morgan fingerprint density at radius 2 is 1.94 bits per heavy atom. The number of hydrogen-bond donors (Lipinski definition) is 1. The van der Waals surface area contributed by atoms with Gasteiger partial charge in [0.2, 0.25) is 5.91 Å². The molecular formula is C12H17NO3S. The van der Waals surface area contributed by atoms with E-state index in [4.69, 9.17) is 0 Å². The maximum absolute atomic E-state index is 11.8. The normalized spacial score (nSPS) is 11.2. The molecule has 0 bridgehead atoms. The highest BCUT2D eigenvalue weighted by molar-refractivity contribution is 7.91. The van der Waals surface area contributed by atoms with E-state index < -0.39 is 21.5 Å². The number of carbonyl (C=O) groups excluding carboxylic acids is 1. The molecule has 0 aliphatic rings. The van der Waals surface area contributed by atoms with Crippen LogP contribution in [-0.4, -0.2) is 27.1 Å². The van der Waals surface area contributed by atoms with Crippen LogP contribution in [0.25, 0.3) is 0 Å². The van der Waals surface area contributed by atoms with Gasteiger partial charge in [-0.05, 0) is 25.0 Å². The topological polar surface area (TPSA) is 63.2 Å². The van der Waals surface area contributed by atoms with Crippen LogP contribution >= 0.6 is 0 Å². The second kappa shape index (κ2) is 5.31. The first-order valence-corrected chi connectivity index (χ1v) is 7.13. The number of nitrogens with one attached hydrogen (secondary N) is 1. The van der Waals surface area contributed by atoms with Gasteiger partial charge in [-0.25, -0.2) is 8.42 Å². The highest BCUT2D eigenvalue weighted by atomic mass is 32.2. The van der Waals surface area contributed by atoms with Crippen molar-refractivity contribution in [3.8, 4) is 0 Å². The SMILES string of the molecule is CNC(=O)CS(=O)(=O)Cc1cc(C)ccc1C. The third-order valence-corrected chi connectivity index (χ3v) is 3.96. The first-order valence-electron chi connectivity index (χ1n) is 5.31. The Morgan fingerprint density at radius 3 is 2.53 bits per heavy atom. The average Bonchev–Trinajstić information content (AvgIpc) is 2.22. The number of carbonyl (C=O) groups is 1. The van der Waals surface area contributed by atoms with Crippen molar-refractivity contribution in [2.75, 3.05) is 12.8 Å². The van der Waals surface area contributed by atoms with Crippen LogP contribution in [0, 0.1) is 13.8 Å². The molecule has 1 aromatic rings. The van der Waals surface area contributed by atoms with E-state index in [0.29, 0.717) is 0 Å². The predicted octanol–water partition coefficient (Wildman–Crippen LogP) is 0.964. The first kappa shape index (κ1) is 13.7. The Morgan fingerprint density at radius 1 is 1.29 bits per heavy atom. The molecular weight excluding hydrogens is 238 g/mol. The van der Waals surface area contributed by atoms with Gasteiger partial charge < -0.3 is 5.32 Å². The summed E-state index contributed by atoms with van der Waals surface area (Å²) in [7, 11) is -1.97. The highest BCUT2D eigenvalue weighted by Gasteiger charge is 2.17. The molecule has 4 nitrogen and oxygen atoms in total. The second-order valence-electron chi connectivity index (χ2n) is 4.14. The van der Waals surface area contributed by atoms with Crippen molar-refractivity contribution in [3.05, 3.63) is 34.9 Å². The van der Waals surface area contributed by atoms with Crippen LogP contribution in [-0.2, 0) is 20.4 Å². The Balaban J connectivity index is 2.90. The van der Waals surface area contributed by atoms with E-state index in [1.54, 1.807) is 0 Å². The van der Waals surface area contributed by atoms with E-state index >= 15 is 0 Å². The zero-order valence-electron chi connectivity index (χ0n) is 10.3. The molecule has 0 heterocycles. The highest BCUT2D eigenvalue weighted by Crippen LogP contribution is 2.14. The summed E-state index contributed by atoms with van der Waals surface area (Å²) in [5.41, 5.74) is 2.70. The fourth-order valence-corrected chi connectivity index (χ4v) is 2.95. The summed E-state index contributed by atoms with van der Waals surface area (Å²) in [5, 5.41) is 2.31. The number of hydrogen-bond acceptors (Lipinski definition) is 3. The van der Waals surface area contributed by atoms with Crippen LogP contribution in [0.5, 0.6) is 0 Å². The van der Waals surface area contributed by atoms with Gasteiger partial charge in [-0.3, -0.25) is 4.79 Å². The zero-order valence-corrected chi connectivity index (χ0v) is 11.1. The van der Waals surface area contributed by atoms with E-state index in [0.717, 1.165) is 16.7 Å². The monoisotopic (exact) mass is 255 g/mol. The first-order chi connectivity index (χ1) is 7.84. The van der Waals surface area contributed by atoms with Crippen molar-refractivity contribution in [2.45, 2.75) is 19.6 Å². The van der Waals surface area contributed by atoms with Gasteiger partial charge in [0, 0.05) is 7.05 Å². The zero-order chi connectivity index (χ0) is 13.1. The molecule has 0 radical (unpaired) electrons. The number of aryl methyl sites for hydroxylation is 2. The lowest BCUT2D eigenvalue weighted by Gasteiger charge is -2.08. The van der Waals surface area contributed by atoms with E-state index in [9.17, 15) is 13.2 Å². The van der Waals surface area contributed by atoms with Gasteiger partial charge in [0.05, 0.1) is 5.75 Å². The van der Waals surface area contributed by atoms with E-state index in [1.807, 2.05) is 32.0 Å². The van der Waals surface area contributed by atoms with Gasteiger partial charge in [-0.2, -0.15) is 0 Å². The molecule has 1 N–H and O–H groups in total. The molecule has 0 spiro atoms. The van der Waals surface area contributed by atoms with Crippen molar-refractivity contribution >= 4 is 15.7 Å². The molecule has 1 amide bonds. The molecule has 0 saturated carbocycles. The summed E-state index contributed by atoms with van der Waals surface area (Å²) in [6.45, 7) is 3.78. The molecule has 0 aromatic heterocycles. The Bertz CT molecular complexity index is 521. The van der Waals surface area contributed by atoms with Crippen LogP contribution in [0.1, 0.15) is 16.7 Å². The van der Waals surface area contributed by atoms with E-state index in [-0.39, 0.29) is 5.75 Å². The van der Waals surface area contributed by atoms with E-state index in [2.05, 4.69) is 5.32 Å². The minimum atomic E-state index is -3.40. The van der Waals surface area contributed by atoms with Crippen LogP contribution in [0.3, 0.4) is 0 Å². The average molecular weight is 255 g/mol. The Kier molecular flexibility index (Phi) is 4.28. The molecule has 5 heteroatoms. The van der Waals surface area contributed by atoms with Crippen LogP contribution < -0.4 is 5.32 Å². The number of rotatable bonds is 4. The smallest absolute Gasteiger partial charge is 0.234 e. The molecule has 0 aliphatic carbocycles. The lowest BCUT2D eigenvalue weighted by Crippen LogP contribution is -2.27. The quantitative estimate of drug-likeness (QED) is 0.871. The van der Waals surface area contributed by atoms with Gasteiger partial charge in [-0.15, -0.1) is 0 Å². The predicted molar refractivity (Wildman–Crippen MR) is 67.5 cm³/mol. The number of benzene rings is 1. The molecule has 17 heavy (non-hydrogen) atoms. The maximum Gasteiger partial charge on any atom is 0.234 e. The second-order valence-corrected chi connectivity index (χ2v) is 6.20. The van der Waals surface area contributed by atoms with Gasteiger partial charge in [0.1, 0.15) is 5.75 Å². The van der Waals surface area contributed by atoms with Crippen molar-refractivity contribution in [1.82, 2.24) is 5.32 Å². The van der Waals surface area contributed by atoms with Crippen molar-refractivity contribution in [1.29, 1.82) is 0 Å². The lowest BCUT2D eigenvalue weighted by atomic mass is 10.1. The van der Waals surface area contributed by atoms with Gasteiger partial charge in [0.25, 0.3) is 0 Å². The van der Waals surface area contributed by atoms with Gasteiger partial charge in [-0.1, -0.05) is 23.8 Å². The fourth-order valence-electron chi connectivity index (χ4n) is 1.52. The molecule has 1 aromatic carbocycles. The summed E-state index contributed by atoms with van der Waals surface area (Å²) < 4.78 is 23.5. The largest absolute Gasteiger partial charge is 0.358 e. The maximum atomic E-state index is 11.8. The molecule has 0 aliphatic heterocycles. The van der Waals surface area contributed by atoms with Gasteiger partial charge in [0.15, 0.2) is 9.84 Å². The van der Waals surface area contributed by atoms with Crippen molar-refractivity contribution in [2.24, 2.45) is 0 Å². The Labute approximate surface area is 102 Å². The molecule has 0 fully saturated rings. The minimum absolute atomic E-state index is 0.0894. The number of sulfone groups is 1. The minimum Gasteiger partial charge on any atom is -0.358 e. The molecule has 0 atom stereocenters. The Hall–Kier alpha value is -1.36. The standard InChI is InChI=1S/C12H17NO3S/c1-9-4-5-10(2)11(6-9)7-17(15,16)8-12(14)13-3/h4-6H,7-8H2,1-3H3,(H,13,14). The molecule has 1 rings (SSSR count). The lowest BCUT2D eigenvalue weighted by molar-refractivity contribution is -0.118. The summed E-state index contributed by atoms with van der Waals surface area (Å²) in [4.78, 5) is 11.1. The van der Waals surface area contributed by atoms with Crippen LogP contribution in [0.2, 0.25) is 0 Å². The van der Waals surface area contributed by atoms with Crippen molar-refractivity contribution < 1.29 is 13.2 Å². The third kappa shape index (κ3) is 4.19. The summed E-state index contributed by atoms with van der Waals surface area (Å²) in [6.07, 6.45) is 0. The summed E-state index contributed by atoms with van der Waals surface area (Å²) in [6, 6.07) is 5.67. The molecule has 0 unspecified atom stereocenters. The fraction of sp³-hybridized carbons (Fsp3) is 0.417. The van der Waals surface area contributed by atoms with Gasteiger partial charge >= 0.3 is 0 Å².